The van der Waals surface area contributed by atoms with Crippen molar-refractivity contribution in [3.8, 4) is 11.2 Å². The van der Waals surface area contributed by atoms with Crippen LogP contribution in [0.25, 0.3) is 6.08 Å². The van der Waals surface area contributed by atoms with Crippen molar-refractivity contribution in [2.75, 3.05) is 19.2 Å². The van der Waals surface area contributed by atoms with Crippen LogP contribution in [-0.4, -0.2) is 19.8 Å². The molecule has 0 aliphatic rings. The Balaban J connectivity index is 1.89. The lowest BCUT2D eigenvalue weighted by Crippen LogP contribution is -2.07. The average Bonchev–Trinajstić information content (AvgIpc) is 2.61. The lowest BCUT2D eigenvalue weighted by Gasteiger charge is -2.04. The number of amides is 1. The number of ether oxygens (including phenoxy) is 2. The van der Waals surface area contributed by atoms with Crippen LogP contribution in [0, 0.1) is 10.7 Å². The van der Waals surface area contributed by atoms with Crippen LogP contribution in [0.2, 0.25) is 0 Å². The summed E-state index contributed by atoms with van der Waals surface area (Å²) in [5, 5.41) is 13.4. The fourth-order valence-electron chi connectivity index (χ4n) is 1.82. The van der Waals surface area contributed by atoms with Crippen molar-refractivity contribution in [1.82, 2.24) is 0 Å². The van der Waals surface area contributed by atoms with Crippen LogP contribution in [0.4, 0.5) is 5.69 Å². The van der Waals surface area contributed by atoms with E-state index in [0.717, 1.165) is 22.2 Å². The van der Waals surface area contributed by atoms with Gasteiger partial charge in [0, 0.05) is 23.8 Å². The van der Waals surface area contributed by atoms with Crippen molar-refractivity contribution in [2.24, 2.45) is 0 Å². The van der Waals surface area contributed by atoms with E-state index in [0.29, 0.717) is 11.4 Å². The van der Waals surface area contributed by atoms with E-state index in [9.17, 15) is 4.79 Å². The van der Waals surface area contributed by atoms with Gasteiger partial charge in [-0.2, -0.15) is 5.26 Å². The smallest absolute Gasteiger partial charge is 0.248 e. The lowest BCUT2D eigenvalue weighted by atomic mass is 10.2. The molecule has 0 aromatic heterocycles. The summed E-state index contributed by atoms with van der Waals surface area (Å²) in [5.41, 5.74) is 1.56. The highest BCUT2D eigenvalue weighted by Gasteiger charge is 1.99. The Morgan fingerprint density at radius 2 is 1.92 bits per heavy atom. The lowest BCUT2D eigenvalue weighted by molar-refractivity contribution is -0.111. The second-order valence-corrected chi connectivity index (χ2v) is 5.52. The second kappa shape index (κ2) is 9.40. The number of rotatable bonds is 7. The Morgan fingerprint density at radius 3 is 2.54 bits per heavy atom. The number of thioether (sulfide) groups is 1. The van der Waals surface area contributed by atoms with Crippen molar-refractivity contribution in [3.63, 3.8) is 0 Å². The molecule has 0 spiro atoms. The summed E-state index contributed by atoms with van der Waals surface area (Å²) < 4.78 is 10.1. The van der Waals surface area contributed by atoms with Gasteiger partial charge >= 0.3 is 0 Å². The number of anilines is 1. The monoisotopic (exact) mass is 340 g/mol. The van der Waals surface area contributed by atoms with E-state index in [1.54, 1.807) is 37.5 Å². The number of nitriles is 1. The quantitative estimate of drug-likeness (QED) is 0.358. The highest BCUT2D eigenvalue weighted by atomic mass is 32.2. The molecule has 2 rings (SSSR count). The van der Waals surface area contributed by atoms with Crippen molar-refractivity contribution >= 4 is 29.4 Å². The highest BCUT2D eigenvalue weighted by Crippen LogP contribution is 2.19. The first-order chi connectivity index (χ1) is 11.7. The van der Waals surface area contributed by atoms with Crippen LogP contribution < -0.4 is 10.1 Å². The number of hydrogen-bond donors (Lipinski definition) is 1. The van der Waals surface area contributed by atoms with Crippen molar-refractivity contribution in [1.29, 1.82) is 5.26 Å². The third-order valence-electron chi connectivity index (χ3n) is 2.94. The molecule has 0 unspecified atom stereocenters. The van der Waals surface area contributed by atoms with Crippen molar-refractivity contribution in [2.45, 2.75) is 4.90 Å². The van der Waals surface area contributed by atoms with Gasteiger partial charge in [-0.25, -0.2) is 0 Å². The molecule has 0 atom stereocenters. The molecule has 1 amide bonds. The van der Waals surface area contributed by atoms with Gasteiger partial charge < -0.3 is 14.8 Å². The molecule has 0 heterocycles. The standard InChI is InChI=1S/C18H16N2O3S/c1-22-13-23-16-7-2-14(3-8-16)4-11-18(21)20-15-5-9-17(10-6-15)24-12-19/h2-11H,13H2,1H3,(H,20,21)/b11-4+. The molecule has 0 saturated heterocycles. The van der Waals surface area contributed by atoms with E-state index in [1.807, 2.05) is 29.7 Å². The van der Waals surface area contributed by atoms with E-state index in [2.05, 4.69) is 5.32 Å². The molecule has 0 aliphatic heterocycles. The minimum Gasteiger partial charge on any atom is -0.468 e. The Labute approximate surface area is 144 Å². The zero-order valence-corrected chi connectivity index (χ0v) is 13.9. The molecule has 122 valence electrons. The molecule has 0 fully saturated rings. The third-order valence-corrected chi connectivity index (χ3v) is 3.54. The third kappa shape index (κ3) is 5.80. The first-order valence-corrected chi connectivity index (χ1v) is 7.90. The summed E-state index contributed by atoms with van der Waals surface area (Å²) in [6.07, 6.45) is 3.18. The van der Waals surface area contributed by atoms with Crippen LogP contribution in [0.5, 0.6) is 5.75 Å². The average molecular weight is 340 g/mol. The van der Waals surface area contributed by atoms with Gasteiger partial charge in [0.1, 0.15) is 11.2 Å². The predicted octanol–water partition coefficient (Wildman–Crippen LogP) is 3.89. The molecular weight excluding hydrogens is 324 g/mol. The fourth-order valence-corrected chi connectivity index (χ4v) is 2.19. The van der Waals surface area contributed by atoms with Gasteiger partial charge in [0.2, 0.25) is 5.91 Å². The molecule has 1 N–H and O–H groups in total. The van der Waals surface area contributed by atoms with Crippen LogP contribution >= 0.6 is 11.8 Å². The molecule has 0 bridgehead atoms. The first-order valence-electron chi connectivity index (χ1n) is 7.08. The SMILES string of the molecule is COCOc1ccc(/C=C/C(=O)Nc2ccc(SC#N)cc2)cc1. The van der Waals surface area contributed by atoms with Gasteiger partial charge in [0.05, 0.1) is 0 Å². The highest BCUT2D eigenvalue weighted by molar-refractivity contribution is 8.03. The molecular formula is C18H16N2O3S. The number of nitrogens with zero attached hydrogens (tertiary/aromatic N) is 1. The van der Waals surface area contributed by atoms with Crippen LogP contribution in [-0.2, 0) is 9.53 Å². The Hall–Kier alpha value is -2.75. The van der Waals surface area contributed by atoms with Crippen LogP contribution in [0.15, 0.2) is 59.5 Å². The number of nitrogens with one attached hydrogen (secondary N) is 1. The summed E-state index contributed by atoms with van der Waals surface area (Å²) in [4.78, 5) is 12.7. The maximum atomic E-state index is 11.9. The van der Waals surface area contributed by atoms with E-state index in [-0.39, 0.29) is 12.7 Å². The van der Waals surface area contributed by atoms with E-state index >= 15 is 0 Å². The molecule has 0 saturated carbocycles. The Bertz CT molecular complexity index is 734. The van der Waals surface area contributed by atoms with E-state index < -0.39 is 0 Å². The normalized spacial score (nSPS) is 10.3. The van der Waals surface area contributed by atoms with Gasteiger partial charge in [0.25, 0.3) is 0 Å². The van der Waals surface area contributed by atoms with E-state index in [4.69, 9.17) is 14.7 Å². The number of methoxy groups -OCH3 is 1. The van der Waals surface area contributed by atoms with Crippen LogP contribution in [0.1, 0.15) is 5.56 Å². The van der Waals surface area contributed by atoms with Crippen molar-refractivity contribution < 1.29 is 14.3 Å². The summed E-state index contributed by atoms with van der Waals surface area (Å²) in [6.45, 7) is 0.198. The Kier molecular flexibility index (Phi) is 6.90. The predicted molar refractivity (Wildman–Crippen MR) is 94.5 cm³/mol. The maximum absolute atomic E-state index is 11.9. The number of benzene rings is 2. The molecule has 0 aliphatic carbocycles. The van der Waals surface area contributed by atoms with Crippen molar-refractivity contribution in [3.05, 3.63) is 60.2 Å². The number of thiocyanates is 1. The Morgan fingerprint density at radius 1 is 1.21 bits per heavy atom. The van der Waals surface area contributed by atoms with Gasteiger partial charge in [-0.3, -0.25) is 4.79 Å². The molecule has 6 heteroatoms. The zero-order valence-electron chi connectivity index (χ0n) is 13.1. The molecule has 2 aromatic carbocycles. The minimum absolute atomic E-state index is 0.198. The van der Waals surface area contributed by atoms with Gasteiger partial charge in [-0.05, 0) is 59.8 Å². The number of carbonyl (C=O) groups is 1. The minimum atomic E-state index is -0.226. The van der Waals surface area contributed by atoms with Gasteiger partial charge in [-0.15, -0.1) is 0 Å². The second-order valence-electron chi connectivity index (χ2n) is 4.66. The summed E-state index contributed by atoms with van der Waals surface area (Å²) >= 11 is 1.08. The van der Waals surface area contributed by atoms with Gasteiger partial charge in [-0.1, -0.05) is 12.1 Å². The largest absolute Gasteiger partial charge is 0.468 e. The fraction of sp³-hybridized carbons (Fsp3) is 0.111. The molecule has 0 radical (unpaired) electrons. The van der Waals surface area contributed by atoms with E-state index in [1.165, 1.54) is 6.08 Å². The summed E-state index contributed by atoms with van der Waals surface area (Å²) in [7, 11) is 1.56. The summed E-state index contributed by atoms with van der Waals surface area (Å²) in [5.74, 6) is 0.476. The van der Waals surface area contributed by atoms with Gasteiger partial charge in [0.15, 0.2) is 6.79 Å². The zero-order chi connectivity index (χ0) is 17.2. The maximum Gasteiger partial charge on any atom is 0.248 e. The van der Waals surface area contributed by atoms with Crippen LogP contribution in [0.3, 0.4) is 0 Å². The molecule has 5 nitrogen and oxygen atoms in total. The molecule has 2 aromatic rings. The number of carbonyl (C=O) groups excluding carboxylic acids is 1. The first kappa shape index (κ1) is 17.6. The summed E-state index contributed by atoms with van der Waals surface area (Å²) in [6, 6.07) is 14.4. The molecule has 24 heavy (non-hydrogen) atoms. The topological polar surface area (TPSA) is 71.3 Å². The number of hydrogen-bond acceptors (Lipinski definition) is 5.